The molecule has 1 nitrogen and oxygen atoms in total. The number of halogens is 1. The van der Waals surface area contributed by atoms with Crippen molar-refractivity contribution in [3.05, 3.63) is 24.3 Å². The van der Waals surface area contributed by atoms with Crippen molar-refractivity contribution in [2.75, 3.05) is 25.1 Å². The molecule has 0 aliphatic heterocycles. The van der Waals surface area contributed by atoms with E-state index in [2.05, 4.69) is 60.3 Å². The van der Waals surface area contributed by atoms with E-state index in [1.54, 1.807) is 0 Å². The molecule has 0 bridgehead atoms. The minimum atomic E-state index is 0.789. The monoisotopic (exact) mass is 307 g/mol. The first kappa shape index (κ1) is 14.2. The van der Waals surface area contributed by atoms with Crippen LogP contribution < -0.4 is 0 Å². The highest BCUT2D eigenvalue weighted by Crippen LogP contribution is 2.12. The third-order valence-corrected chi connectivity index (χ3v) is 2.64. The number of hydrogen-bond donors (Lipinski definition) is 0. The van der Waals surface area contributed by atoms with Crippen molar-refractivity contribution in [1.29, 1.82) is 0 Å². The first-order valence-electron chi connectivity index (χ1n) is 5.09. The van der Waals surface area contributed by atoms with E-state index >= 15 is 0 Å². The molecule has 0 fully saturated rings. The molecular formula is C12H22IN. The normalized spacial score (nSPS) is 13.8. The van der Waals surface area contributed by atoms with Crippen molar-refractivity contribution in [3.63, 3.8) is 0 Å². The molecule has 82 valence electrons. The fraction of sp³-hybridized carbons (Fsp3) is 0.667. The molecule has 0 aromatic heterocycles. The van der Waals surface area contributed by atoms with Gasteiger partial charge in [0.1, 0.15) is 0 Å². The molecule has 2 heteroatoms. The maximum Gasteiger partial charge on any atom is 0.000679 e. The average Bonchev–Trinajstić information content (AvgIpc) is 2.02. The maximum absolute atomic E-state index is 3.86. The van der Waals surface area contributed by atoms with Crippen LogP contribution in [0.1, 0.15) is 19.8 Å². The van der Waals surface area contributed by atoms with E-state index in [1.165, 1.54) is 23.8 Å². The number of rotatable bonds is 7. The van der Waals surface area contributed by atoms with Gasteiger partial charge in [-0.05, 0) is 44.2 Å². The SMILES string of the molecule is C=C(C)/C=C\C[C@@H](CCI)CN(C)C. The van der Waals surface area contributed by atoms with Crippen molar-refractivity contribution in [2.24, 2.45) is 5.92 Å². The standard InChI is InChI=1S/C12H22IN/c1-11(2)6-5-7-12(8-9-13)10-14(3)4/h5-6,12H,1,7-10H2,2-4H3/b6-5-/t12-/m0/s1. The summed E-state index contributed by atoms with van der Waals surface area (Å²) >= 11 is 2.45. The van der Waals surface area contributed by atoms with Crippen LogP contribution in [0.5, 0.6) is 0 Å². The molecule has 0 rings (SSSR count). The lowest BCUT2D eigenvalue weighted by atomic mass is 10.0. The molecule has 0 saturated carbocycles. The van der Waals surface area contributed by atoms with Gasteiger partial charge in [0.2, 0.25) is 0 Å². The highest BCUT2D eigenvalue weighted by Gasteiger charge is 2.06. The Morgan fingerprint density at radius 3 is 2.57 bits per heavy atom. The van der Waals surface area contributed by atoms with Crippen LogP contribution in [0, 0.1) is 5.92 Å². The van der Waals surface area contributed by atoms with Crippen molar-refractivity contribution >= 4 is 22.6 Å². The van der Waals surface area contributed by atoms with Crippen LogP contribution >= 0.6 is 22.6 Å². The van der Waals surface area contributed by atoms with Crippen LogP contribution in [0.3, 0.4) is 0 Å². The van der Waals surface area contributed by atoms with Crippen LogP contribution in [0.25, 0.3) is 0 Å². The van der Waals surface area contributed by atoms with Crippen LogP contribution in [-0.4, -0.2) is 30.0 Å². The van der Waals surface area contributed by atoms with Gasteiger partial charge in [0.15, 0.2) is 0 Å². The Balaban J connectivity index is 3.89. The van der Waals surface area contributed by atoms with Crippen molar-refractivity contribution in [1.82, 2.24) is 4.90 Å². The third kappa shape index (κ3) is 8.75. The zero-order valence-electron chi connectivity index (χ0n) is 9.59. The first-order chi connectivity index (χ1) is 6.56. The molecule has 0 aromatic carbocycles. The average molecular weight is 307 g/mol. The highest BCUT2D eigenvalue weighted by molar-refractivity contribution is 14.1. The predicted molar refractivity (Wildman–Crippen MR) is 74.1 cm³/mol. The van der Waals surface area contributed by atoms with Crippen molar-refractivity contribution in [3.8, 4) is 0 Å². The quantitative estimate of drug-likeness (QED) is 0.395. The zero-order chi connectivity index (χ0) is 11.0. The van der Waals surface area contributed by atoms with Crippen molar-refractivity contribution < 1.29 is 0 Å². The Bertz CT molecular complexity index is 185. The lowest BCUT2D eigenvalue weighted by Gasteiger charge is -2.18. The van der Waals surface area contributed by atoms with Gasteiger partial charge in [0.25, 0.3) is 0 Å². The number of alkyl halides is 1. The largest absolute Gasteiger partial charge is 0.309 e. The van der Waals surface area contributed by atoms with E-state index in [-0.39, 0.29) is 0 Å². The Labute approximate surface area is 102 Å². The van der Waals surface area contributed by atoms with E-state index in [4.69, 9.17) is 0 Å². The van der Waals surface area contributed by atoms with Crippen molar-refractivity contribution in [2.45, 2.75) is 19.8 Å². The fourth-order valence-corrected chi connectivity index (χ4v) is 2.30. The molecule has 0 N–H and O–H groups in total. The van der Waals surface area contributed by atoms with Crippen LogP contribution in [0.4, 0.5) is 0 Å². The summed E-state index contributed by atoms with van der Waals surface area (Å²) in [6.07, 6.45) is 6.85. The summed E-state index contributed by atoms with van der Waals surface area (Å²) in [5.41, 5.74) is 1.14. The van der Waals surface area contributed by atoms with Gasteiger partial charge in [0, 0.05) is 6.54 Å². The van der Waals surface area contributed by atoms with Gasteiger partial charge in [-0.1, -0.05) is 46.9 Å². The molecule has 0 unspecified atom stereocenters. The Hall–Kier alpha value is 0.170. The smallest absolute Gasteiger partial charge is 0.000679 e. The summed E-state index contributed by atoms with van der Waals surface area (Å²) in [6, 6.07) is 0. The zero-order valence-corrected chi connectivity index (χ0v) is 11.8. The Kier molecular flexibility index (Phi) is 8.58. The number of nitrogens with zero attached hydrogens (tertiary/aromatic N) is 1. The molecule has 1 atom stereocenters. The molecule has 0 heterocycles. The molecular weight excluding hydrogens is 285 g/mol. The summed E-state index contributed by atoms with van der Waals surface area (Å²) in [5.74, 6) is 0.789. The fourth-order valence-electron chi connectivity index (χ4n) is 1.42. The minimum absolute atomic E-state index is 0.789. The van der Waals surface area contributed by atoms with Crippen LogP contribution in [0.15, 0.2) is 24.3 Å². The van der Waals surface area contributed by atoms with Crippen LogP contribution in [0.2, 0.25) is 0 Å². The van der Waals surface area contributed by atoms with Gasteiger partial charge in [-0.15, -0.1) is 0 Å². The molecule has 0 spiro atoms. The second-order valence-corrected chi connectivity index (χ2v) is 5.17. The number of allylic oxidation sites excluding steroid dienone is 3. The second-order valence-electron chi connectivity index (χ2n) is 4.09. The highest BCUT2D eigenvalue weighted by atomic mass is 127. The topological polar surface area (TPSA) is 3.24 Å². The summed E-state index contributed by atoms with van der Waals surface area (Å²) in [7, 11) is 4.28. The summed E-state index contributed by atoms with van der Waals surface area (Å²) in [5, 5.41) is 0. The third-order valence-electron chi connectivity index (χ3n) is 2.01. The first-order valence-corrected chi connectivity index (χ1v) is 6.61. The molecule has 0 aliphatic rings. The van der Waals surface area contributed by atoms with E-state index in [1.807, 2.05) is 6.92 Å². The van der Waals surface area contributed by atoms with E-state index in [9.17, 15) is 0 Å². The molecule has 0 amide bonds. The van der Waals surface area contributed by atoms with Gasteiger partial charge >= 0.3 is 0 Å². The molecule has 0 aliphatic carbocycles. The summed E-state index contributed by atoms with van der Waals surface area (Å²) in [4.78, 5) is 2.27. The molecule has 14 heavy (non-hydrogen) atoms. The maximum atomic E-state index is 3.86. The van der Waals surface area contributed by atoms with Gasteiger partial charge < -0.3 is 4.90 Å². The molecule has 0 radical (unpaired) electrons. The van der Waals surface area contributed by atoms with E-state index < -0.39 is 0 Å². The molecule has 0 aromatic rings. The summed E-state index contributed by atoms with van der Waals surface area (Å²) < 4.78 is 1.25. The van der Waals surface area contributed by atoms with Gasteiger partial charge in [0.05, 0.1) is 0 Å². The van der Waals surface area contributed by atoms with Crippen LogP contribution in [-0.2, 0) is 0 Å². The van der Waals surface area contributed by atoms with Gasteiger partial charge in [-0.2, -0.15) is 0 Å². The molecule has 0 saturated heterocycles. The lowest BCUT2D eigenvalue weighted by Crippen LogP contribution is -2.21. The second kappa shape index (κ2) is 8.48. The predicted octanol–water partition coefficient (Wildman–Crippen LogP) is 3.51. The Morgan fingerprint density at radius 2 is 2.14 bits per heavy atom. The minimum Gasteiger partial charge on any atom is -0.309 e. The van der Waals surface area contributed by atoms with Gasteiger partial charge in [-0.3, -0.25) is 0 Å². The summed E-state index contributed by atoms with van der Waals surface area (Å²) in [6.45, 7) is 7.08. The van der Waals surface area contributed by atoms with Gasteiger partial charge in [-0.25, -0.2) is 0 Å². The Morgan fingerprint density at radius 1 is 1.50 bits per heavy atom. The van der Waals surface area contributed by atoms with E-state index in [0.29, 0.717) is 0 Å². The lowest BCUT2D eigenvalue weighted by molar-refractivity contribution is 0.322. The number of hydrogen-bond acceptors (Lipinski definition) is 1. The van der Waals surface area contributed by atoms with E-state index in [0.717, 1.165) is 11.5 Å².